The number of hydrogen-bond acceptors (Lipinski definition) is 4. The van der Waals surface area contributed by atoms with Crippen molar-refractivity contribution in [3.8, 4) is 0 Å². The van der Waals surface area contributed by atoms with Gasteiger partial charge in [-0.3, -0.25) is 0 Å². The van der Waals surface area contributed by atoms with Crippen LogP contribution in [-0.4, -0.2) is 24.4 Å². The van der Waals surface area contributed by atoms with Gasteiger partial charge in [0.25, 0.3) is 0 Å². The molecule has 0 saturated carbocycles. The highest BCUT2D eigenvalue weighted by atomic mass is 16.6. The van der Waals surface area contributed by atoms with E-state index in [4.69, 9.17) is 16.2 Å². The van der Waals surface area contributed by atoms with Crippen molar-refractivity contribution in [2.24, 2.45) is 11.5 Å². The molecule has 6 nitrogen and oxygen atoms in total. The normalized spacial score (nSPS) is 11.0. The van der Waals surface area contributed by atoms with Crippen LogP contribution in [0.4, 0.5) is 9.59 Å². The molecule has 6 heteroatoms. The molecule has 0 aliphatic rings. The summed E-state index contributed by atoms with van der Waals surface area (Å²) in [7, 11) is 0. The van der Waals surface area contributed by atoms with Gasteiger partial charge in [0.1, 0.15) is 5.60 Å². The highest BCUT2D eigenvalue weighted by Gasteiger charge is 2.29. The lowest BCUT2D eigenvalue weighted by atomic mass is 9.90. The Morgan fingerprint density at radius 2 is 1.61 bits per heavy atom. The molecule has 0 spiro atoms. The van der Waals surface area contributed by atoms with Crippen LogP contribution >= 0.6 is 0 Å². The molecule has 0 atom stereocenters. The van der Waals surface area contributed by atoms with Gasteiger partial charge in [0.2, 0.25) is 0 Å². The summed E-state index contributed by atoms with van der Waals surface area (Å²) in [5, 5.41) is 0. The molecule has 2 amide bonds. The van der Waals surface area contributed by atoms with Gasteiger partial charge in [-0.1, -0.05) is 13.8 Å². The van der Waals surface area contributed by atoms with E-state index in [1.807, 2.05) is 13.8 Å². The molecule has 0 saturated heterocycles. The second-order valence-corrected chi connectivity index (χ2v) is 4.29. The first-order chi connectivity index (χ1) is 8.45. The zero-order chi connectivity index (χ0) is 14.0. The van der Waals surface area contributed by atoms with Gasteiger partial charge in [0.15, 0.2) is 0 Å². The maximum Gasteiger partial charge on any atom is 0.405 e. The summed E-state index contributed by atoms with van der Waals surface area (Å²) >= 11 is 0. The van der Waals surface area contributed by atoms with E-state index in [-0.39, 0.29) is 0 Å². The minimum Gasteiger partial charge on any atom is -0.450 e. The molecule has 0 aliphatic heterocycles. The van der Waals surface area contributed by atoms with Crippen molar-refractivity contribution in [3.05, 3.63) is 0 Å². The molecule has 4 N–H and O–H groups in total. The second kappa shape index (κ2) is 8.60. The molecular weight excluding hydrogens is 236 g/mol. The van der Waals surface area contributed by atoms with E-state index in [2.05, 4.69) is 4.74 Å². The number of hydrogen-bond donors (Lipinski definition) is 2. The first-order valence-electron chi connectivity index (χ1n) is 6.36. The van der Waals surface area contributed by atoms with Crippen LogP contribution in [0.1, 0.15) is 52.4 Å². The highest BCUT2D eigenvalue weighted by molar-refractivity contribution is 5.65. The third-order valence-electron chi connectivity index (χ3n) is 3.13. The third-order valence-corrected chi connectivity index (χ3v) is 3.13. The Hall–Kier alpha value is -1.46. The number of carbonyl (C=O) groups is 2. The fraction of sp³-hybridized carbons (Fsp3) is 0.833. The second-order valence-electron chi connectivity index (χ2n) is 4.29. The highest BCUT2D eigenvalue weighted by Crippen LogP contribution is 2.27. The van der Waals surface area contributed by atoms with Crippen LogP contribution < -0.4 is 11.5 Å². The Morgan fingerprint density at radius 1 is 1.00 bits per heavy atom. The first kappa shape index (κ1) is 16.5. The molecule has 0 bridgehead atoms. The summed E-state index contributed by atoms with van der Waals surface area (Å²) in [6.07, 6.45) is 3.30. The van der Waals surface area contributed by atoms with E-state index in [0.717, 1.165) is 38.5 Å². The summed E-state index contributed by atoms with van der Waals surface area (Å²) in [5.74, 6) is 0. The van der Waals surface area contributed by atoms with Gasteiger partial charge in [-0.15, -0.1) is 0 Å². The molecule has 0 aromatic heterocycles. The molecule has 0 radical (unpaired) electrons. The molecule has 0 fully saturated rings. The quantitative estimate of drug-likeness (QED) is 0.620. The zero-order valence-electron chi connectivity index (χ0n) is 11.2. The van der Waals surface area contributed by atoms with E-state index >= 15 is 0 Å². The molecule has 18 heavy (non-hydrogen) atoms. The summed E-state index contributed by atoms with van der Waals surface area (Å²) in [6, 6.07) is 0. The summed E-state index contributed by atoms with van der Waals surface area (Å²) in [4.78, 5) is 21.2. The molecule has 0 aliphatic carbocycles. The van der Waals surface area contributed by atoms with Crippen molar-refractivity contribution in [1.82, 2.24) is 0 Å². The van der Waals surface area contributed by atoms with Crippen LogP contribution in [0.2, 0.25) is 0 Å². The molecule has 0 rings (SSSR count). The zero-order valence-corrected chi connectivity index (χ0v) is 11.2. The van der Waals surface area contributed by atoms with E-state index in [1.165, 1.54) is 0 Å². The maximum atomic E-state index is 10.9. The van der Waals surface area contributed by atoms with E-state index in [9.17, 15) is 9.59 Å². The predicted octanol–water partition coefficient (Wildman–Crippen LogP) is 2.30. The minimum atomic E-state index is -0.747. The lowest BCUT2D eigenvalue weighted by molar-refractivity contribution is 0.00113. The Balaban J connectivity index is 3.90. The summed E-state index contributed by atoms with van der Waals surface area (Å²) < 4.78 is 9.84. The SMILES string of the molecule is CCC(CC)(CCCCCOC(N)=O)OC(N)=O. The van der Waals surface area contributed by atoms with Crippen molar-refractivity contribution in [1.29, 1.82) is 0 Å². The Morgan fingerprint density at radius 3 is 2.06 bits per heavy atom. The number of rotatable bonds is 9. The Labute approximate surface area is 108 Å². The van der Waals surface area contributed by atoms with Crippen molar-refractivity contribution < 1.29 is 19.1 Å². The van der Waals surface area contributed by atoms with Crippen molar-refractivity contribution in [2.75, 3.05) is 6.61 Å². The Kier molecular flexibility index (Phi) is 7.91. The van der Waals surface area contributed by atoms with Crippen LogP contribution in [0, 0.1) is 0 Å². The lowest BCUT2D eigenvalue weighted by Gasteiger charge is -2.30. The van der Waals surface area contributed by atoms with Crippen molar-refractivity contribution in [2.45, 2.75) is 58.0 Å². The van der Waals surface area contributed by atoms with Crippen LogP contribution in [0.5, 0.6) is 0 Å². The van der Waals surface area contributed by atoms with Crippen LogP contribution in [0.25, 0.3) is 0 Å². The molecule has 0 aromatic carbocycles. The number of nitrogens with two attached hydrogens (primary N) is 2. The van der Waals surface area contributed by atoms with Crippen LogP contribution in [-0.2, 0) is 9.47 Å². The molecule has 0 unspecified atom stereocenters. The number of carbonyl (C=O) groups excluding carboxylic acids is 2. The van der Waals surface area contributed by atoms with Crippen LogP contribution in [0.15, 0.2) is 0 Å². The molecular formula is C12H24N2O4. The van der Waals surface area contributed by atoms with E-state index < -0.39 is 17.8 Å². The molecule has 106 valence electrons. The average Bonchev–Trinajstić information content (AvgIpc) is 2.31. The van der Waals surface area contributed by atoms with Crippen molar-refractivity contribution in [3.63, 3.8) is 0 Å². The van der Waals surface area contributed by atoms with E-state index in [1.54, 1.807) is 0 Å². The lowest BCUT2D eigenvalue weighted by Crippen LogP contribution is -2.36. The molecule has 0 aromatic rings. The summed E-state index contributed by atoms with van der Waals surface area (Å²) in [5.41, 5.74) is 9.46. The summed E-state index contributed by atoms with van der Waals surface area (Å²) in [6.45, 7) is 4.28. The number of amides is 2. The van der Waals surface area contributed by atoms with Gasteiger partial charge >= 0.3 is 12.2 Å². The van der Waals surface area contributed by atoms with Gasteiger partial charge in [-0.2, -0.15) is 0 Å². The number of ether oxygens (including phenoxy) is 2. The van der Waals surface area contributed by atoms with Gasteiger partial charge in [0, 0.05) is 0 Å². The topological polar surface area (TPSA) is 105 Å². The smallest absolute Gasteiger partial charge is 0.405 e. The fourth-order valence-electron chi connectivity index (χ4n) is 1.91. The van der Waals surface area contributed by atoms with Crippen LogP contribution in [0.3, 0.4) is 0 Å². The van der Waals surface area contributed by atoms with Gasteiger partial charge in [0.05, 0.1) is 6.61 Å². The average molecular weight is 260 g/mol. The van der Waals surface area contributed by atoms with Gasteiger partial charge in [-0.25, -0.2) is 9.59 Å². The van der Waals surface area contributed by atoms with Crippen molar-refractivity contribution >= 4 is 12.2 Å². The first-order valence-corrected chi connectivity index (χ1v) is 6.36. The Bertz CT molecular complexity index is 265. The molecule has 0 heterocycles. The maximum absolute atomic E-state index is 10.9. The van der Waals surface area contributed by atoms with Gasteiger partial charge in [-0.05, 0) is 38.5 Å². The predicted molar refractivity (Wildman–Crippen MR) is 68.0 cm³/mol. The largest absolute Gasteiger partial charge is 0.450 e. The van der Waals surface area contributed by atoms with Gasteiger partial charge < -0.3 is 20.9 Å². The minimum absolute atomic E-state index is 0.331. The van der Waals surface area contributed by atoms with E-state index in [0.29, 0.717) is 6.61 Å². The third kappa shape index (κ3) is 6.98. The standard InChI is InChI=1S/C12H24N2O4/c1-3-12(4-2,18-11(14)16)8-6-5-7-9-17-10(13)15/h3-9H2,1-2H3,(H2,13,15)(H2,14,16). The monoisotopic (exact) mass is 260 g/mol. The number of primary amides is 2. The fourth-order valence-corrected chi connectivity index (χ4v) is 1.91. The number of unbranched alkanes of at least 4 members (excludes halogenated alkanes) is 2.